The normalized spacial score (nSPS) is 11.9. The summed E-state index contributed by atoms with van der Waals surface area (Å²) in [6.07, 6.45) is 4.76. The number of hydrogen-bond donors (Lipinski definition) is 1. The third-order valence-electron chi connectivity index (χ3n) is 3.51. The van der Waals surface area contributed by atoms with E-state index in [1.165, 1.54) is 0 Å². The van der Waals surface area contributed by atoms with Crippen LogP contribution in [0.3, 0.4) is 0 Å². The molecule has 21 heavy (non-hydrogen) atoms. The molecular formula is C15H23N5O. The zero-order valence-electron chi connectivity index (χ0n) is 13.3. The van der Waals surface area contributed by atoms with Gasteiger partial charge in [0.25, 0.3) is 5.56 Å². The molecule has 2 aromatic heterocycles. The Labute approximate surface area is 124 Å². The van der Waals surface area contributed by atoms with E-state index < -0.39 is 0 Å². The lowest BCUT2D eigenvalue weighted by Crippen LogP contribution is -2.36. The molecule has 2 rings (SSSR count). The first-order chi connectivity index (χ1) is 9.81. The molecule has 2 aromatic rings. The minimum Gasteiger partial charge on any atom is -0.396 e. The molecule has 6 heteroatoms. The minimum atomic E-state index is -0.312. The van der Waals surface area contributed by atoms with E-state index in [1.807, 2.05) is 34.6 Å². The van der Waals surface area contributed by atoms with Crippen molar-refractivity contribution in [2.45, 2.75) is 53.0 Å². The van der Waals surface area contributed by atoms with E-state index in [4.69, 9.17) is 5.73 Å². The first kappa shape index (κ1) is 15.3. The molecule has 0 saturated heterocycles. The summed E-state index contributed by atoms with van der Waals surface area (Å²) < 4.78 is 3.26. The molecule has 0 aliphatic carbocycles. The quantitative estimate of drug-likeness (QED) is 0.936. The molecular weight excluding hydrogens is 266 g/mol. The predicted molar refractivity (Wildman–Crippen MR) is 83.8 cm³/mol. The van der Waals surface area contributed by atoms with E-state index in [2.05, 4.69) is 10.1 Å². The second kappa shape index (κ2) is 5.35. The molecule has 0 radical (unpaired) electrons. The minimum absolute atomic E-state index is 0.162. The molecule has 0 atom stereocenters. The van der Waals surface area contributed by atoms with Crippen LogP contribution in [0.5, 0.6) is 0 Å². The van der Waals surface area contributed by atoms with Gasteiger partial charge in [0.1, 0.15) is 0 Å². The average molecular weight is 289 g/mol. The number of rotatable bonds is 3. The van der Waals surface area contributed by atoms with Gasteiger partial charge in [0.05, 0.1) is 17.1 Å². The first-order valence-electron chi connectivity index (χ1n) is 7.26. The van der Waals surface area contributed by atoms with E-state index in [0.29, 0.717) is 17.9 Å². The van der Waals surface area contributed by atoms with Crippen LogP contribution < -0.4 is 11.3 Å². The Kier molecular flexibility index (Phi) is 3.89. The smallest absolute Gasteiger partial charge is 0.296 e. The molecule has 0 aliphatic heterocycles. The monoisotopic (exact) mass is 289 g/mol. The van der Waals surface area contributed by atoms with E-state index in [0.717, 1.165) is 17.8 Å². The van der Waals surface area contributed by atoms with Crippen molar-refractivity contribution in [3.8, 4) is 5.82 Å². The molecule has 0 spiro atoms. The zero-order chi connectivity index (χ0) is 15.8. The molecule has 114 valence electrons. The lowest BCUT2D eigenvalue weighted by molar-refractivity contribution is 0.380. The summed E-state index contributed by atoms with van der Waals surface area (Å²) in [5, 5.41) is 4.47. The maximum atomic E-state index is 12.7. The van der Waals surface area contributed by atoms with Crippen molar-refractivity contribution >= 4 is 5.69 Å². The summed E-state index contributed by atoms with van der Waals surface area (Å²) in [4.78, 5) is 16.9. The van der Waals surface area contributed by atoms with E-state index in [-0.39, 0.29) is 11.1 Å². The van der Waals surface area contributed by atoms with Crippen LogP contribution in [0.1, 0.15) is 46.0 Å². The summed E-state index contributed by atoms with van der Waals surface area (Å²) in [6, 6.07) is 0. The third kappa shape index (κ3) is 2.57. The molecule has 2 N–H and O–H groups in total. The highest BCUT2D eigenvalue weighted by molar-refractivity contribution is 5.50. The standard InChI is InChI=1S/C15H23N5O/c1-6-10-12(16)11(7-2)20(18-10)13-14(21)19(9-8-17-13)15(3,4)5/h8-9H,6-7,16H2,1-5H3. The Morgan fingerprint density at radius 3 is 2.43 bits per heavy atom. The van der Waals surface area contributed by atoms with E-state index in [9.17, 15) is 4.79 Å². The van der Waals surface area contributed by atoms with Crippen LogP contribution in [0, 0.1) is 0 Å². The first-order valence-corrected chi connectivity index (χ1v) is 7.26. The van der Waals surface area contributed by atoms with Crippen LogP contribution in [-0.2, 0) is 18.4 Å². The average Bonchev–Trinajstić information content (AvgIpc) is 2.73. The van der Waals surface area contributed by atoms with Gasteiger partial charge in [0.2, 0.25) is 5.82 Å². The van der Waals surface area contributed by atoms with Gasteiger partial charge in [0.15, 0.2) is 0 Å². The molecule has 0 aromatic carbocycles. The van der Waals surface area contributed by atoms with Crippen LogP contribution in [0.2, 0.25) is 0 Å². The molecule has 0 saturated carbocycles. The Balaban J connectivity index is 2.72. The Hall–Kier alpha value is -2.11. The highest BCUT2D eigenvalue weighted by Gasteiger charge is 2.21. The second-order valence-corrected chi connectivity index (χ2v) is 6.02. The molecule has 6 nitrogen and oxygen atoms in total. The summed E-state index contributed by atoms with van der Waals surface area (Å²) in [7, 11) is 0. The molecule has 0 amide bonds. The Morgan fingerprint density at radius 2 is 1.90 bits per heavy atom. The van der Waals surface area contributed by atoms with Gasteiger partial charge in [-0.15, -0.1) is 0 Å². The number of nitrogens with zero attached hydrogens (tertiary/aromatic N) is 4. The van der Waals surface area contributed by atoms with Gasteiger partial charge in [-0.05, 0) is 33.6 Å². The number of nitrogens with two attached hydrogens (primary N) is 1. The summed E-state index contributed by atoms with van der Waals surface area (Å²) >= 11 is 0. The van der Waals surface area contributed by atoms with Crippen molar-refractivity contribution in [3.63, 3.8) is 0 Å². The highest BCUT2D eigenvalue weighted by Crippen LogP contribution is 2.20. The Bertz CT molecular complexity index is 706. The fourth-order valence-corrected chi connectivity index (χ4v) is 2.37. The van der Waals surface area contributed by atoms with Crippen molar-refractivity contribution in [1.82, 2.24) is 19.3 Å². The van der Waals surface area contributed by atoms with E-state index in [1.54, 1.807) is 21.6 Å². The van der Waals surface area contributed by atoms with Crippen LogP contribution in [0.4, 0.5) is 5.69 Å². The van der Waals surface area contributed by atoms with Gasteiger partial charge < -0.3 is 10.3 Å². The largest absolute Gasteiger partial charge is 0.396 e. The highest BCUT2D eigenvalue weighted by atomic mass is 16.1. The van der Waals surface area contributed by atoms with Gasteiger partial charge in [-0.2, -0.15) is 5.10 Å². The van der Waals surface area contributed by atoms with Gasteiger partial charge >= 0.3 is 0 Å². The summed E-state index contributed by atoms with van der Waals surface area (Å²) in [5.41, 5.74) is 7.94. The van der Waals surface area contributed by atoms with Gasteiger partial charge in [-0.3, -0.25) is 4.79 Å². The molecule has 2 heterocycles. The van der Waals surface area contributed by atoms with Gasteiger partial charge in [-0.25, -0.2) is 9.67 Å². The number of aryl methyl sites for hydroxylation is 1. The number of anilines is 1. The maximum absolute atomic E-state index is 12.7. The molecule has 0 fully saturated rings. The SMILES string of the molecule is CCc1nn(-c2nccn(C(C)(C)C)c2=O)c(CC)c1N. The lowest BCUT2D eigenvalue weighted by atomic mass is 10.1. The van der Waals surface area contributed by atoms with Gasteiger partial charge in [0, 0.05) is 17.9 Å². The van der Waals surface area contributed by atoms with Crippen molar-refractivity contribution in [2.24, 2.45) is 0 Å². The lowest BCUT2D eigenvalue weighted by Gasteiger charge is -2.22. The topological polar surface area (TPSA) is 78.7 Å². The van der Waals surface area contributed by atoms with Crippen LogP contribution in [-0.4, -0.2) is 19.3 Å². The number of aromatic nitrogens is 4. The number of hydrogen-bond acceptors (Lipinski definition) is 4. The molecule has 0 bridgehead atoms. The van der Waals surface area contributed by atoms with E-state index >= 15 is 0 Å². The van der Waals surface area contributed by atoms with Gasteiger partial charge in [-0.1, -0.05) is 13.8 Å². The van der Waals surface area contributed by atoms with Crippen LogP contribution in [0.25, 0.3) is 5.82 Å². The Morgan fingerprint density at radius 1 is 1.24 bits per heavy atom. The second-order valence-electron chi connectivity index (χ2n) is 6.02. The molecule has 0 unspecified atom stereocenters. The third-order valence-corrected chi connectivity index (χ3v) is 3.51. The summed E-state index contributed by atoms with van der Waals surface area (Å²) in [5.74, 6) is 0.302. The van der Waals surface area contributed by atoms with Crippen molar-refractivity contribution in [3.05, 3.63) is 34.1 Å². The predicted octanol–water partition coefficient (Wildman–Crippen LogP) is 1.89. The maximum Gasteiger partial charge on any atom is 0.296 e. The number of nitrogen functional groups attached to an aromatic ring is 1. The van der Waals surface area contributed by atoms with Crippen LogP contribution >= 0.6 is 0 Å². The van der Waals surface area contributed by atoms with Crippen molar-refractivity contribution in [2.75, 3.05) is 5.73 Å². The fraction of sp³-hybridized carbons (Fsp3) is 0.533. The van der Waals surface area contributed by atoms with Crippen molar-refractivity contribution in [1.29, 1.82) is 0 Å². The fourth-order valence-electron chi connectivity index (χ4n) is 2.37. The zero-order valence-corrected chi connectivity index (χ0v) is 13.3. The molecule has 0 aliphatic rings. The summed E-state index contributed by atoms with van der Waals surface area (Å²) in [6.45, 7) is 9.93. The van der Waals surface area contributed by atoms with Crippen molar-refractivity contribution < 1.29 is 0 Å². The van der Waals surface area contributed by atoms with Crippen LogP contribution in [0.15, 0.2) is 17.2 Å².